The highest BCUT2D eigenvalue weighted by Gasteiger charge is 2.14. The van der Waals surface area contributed by atoms with Crippen LogP contribution in [-0.2, 0) is 23.4 Å². The van der Waals surface area contributed by atoms with E-state index in [9.17, 15) is 14.3 Å². The summed E-state index contributed by atoms with van der Waals surface area (Å²) < 4.78 is 14.0. The second-order valence-corrected chi connectivity index (χ2v) is 8.72. The van der Waals surface area contributed by atoms with Crippen molar-refractivity contribution >= 4 is 28.5 Å². The lowest BCUT2D eigenvalue weighted by Gasteiger charge is -2.15. The van der Waals surface area contributed by atoms with Crippen molar-refractivity contribution < 1.29 is 14.3 Å². The van der Waals surface area contributed by atoms with Crippen molar-refractivity contribution in [3.05, 3.63) is 112 Å². The minimum atomic E-state index is -0.865. The molecule has 0 radical (unpaired) electrons. The van der Waals surface area contributed by atoms with E-state index in [1.54, 1.807) is 23.9 Å². The first kappa shape index (κ1) is 21.1. The van der Waals surface area contributed by atoms with Crippen LogP contribution < -0.4 is 0 Å². The van der Waals surface area contributed by atoms with Gasteiger partial charge in [-0.15, -0.1) is 11.8 Å². The molecule has 4 rings (SSSR count). The van der Waals surface area contributed by atoms with Crippen LogP contribution in [0.15, 0.2) is 83.8 Å². The minimum Gasteiger partial charge on any atom is -0.481 e. The van der Waals surface area contributed by atoms with E-state index >= 15 is 0 Å². The third-order valence-electron chi connectivity index (χ3n) is 5.50. The summed E-state index contributed by atoms with van der Waals surface area (Å²) in [4.78, 5) is 12.5. The minimum absolute atomic E-state index is 0.0405. The van der Waals surface area contributed by atoms with Gasteiger partial charge < -0.3 is 5.11 Å². The molecule has 4 aromatic carbocycles. The van der Waals surface area contributed by atoms with Gasteiger partial charge in [-0.2, -0.15) is 0 Å². The van der Waals surface area contributed by atoms with Gasteiger partial charge in [-0.1, -0.05) is 54.6 Å². The van der Waals surface area contributed by atoms with E-state index in [0.717, 1.165) is 38.8 Å². The number of hydrogen-bond acceptors (Lipinski definition) is 2. The summed E-state index contributed by atoms with van der Waals surface area (Å²) in [6.07, 6.45) is 0.587. The summed E-state index contributed by atoms with van der Waals surface area (Å²) in [5, 5.41) is 11.0. The number of thioether (sulfide) groups is 1. The first-order valence-corrected chi connectivity index (χ1v) is 11.2. The lowest BCUT2D eigenvalue weighted by molar-refractivity contribution is -0.136. The van der Waals surface area contributed by atoms with E-state index in [-0.39, 0.29) is 12.2 Å². The molecule has 0 unspecified atom stereocenters. The molecule has 0 aliphatic heterocycles. The van der Waals surface area contributed by atoms with Crippen LogP contribution in [0.5, 0.6) is 0 Å². The number of aliphatic carboxylic acids is 1. The Morgan fingerprint density at radius 3 is 2.39 bits per heavy atom. The van der Waals surface area contributed by atoms with Crippen LogP contribution in [0.4, 0.5) is 4.39 Å². The van der Waals surface area contributed by atoms with Crippen molar-refractivity contribution in [3.8, 4) is 0 Å². The van der Waals surface area contributed by atoms with Gasteiger partial charge in [-0.3, -0.25) is 4.79 Å². The Labute approximate surface area is 185 Å². The summed E-state index contributed by atoms with van der Waals surface area (Å²) in [7, 11) is 0. The van der Waals surface area contributed by atoms with Gasteiger partial charge in [0.05, 0.1) is 6.42 Å². The first-order chi connectivity index (χ1) is 15.0. The number of carboxylic acid groups (broad SMARTS) is 1. The van der Waals surface area contributed by atoms with Gasteiger partial charge in [0.2, 0.25) is 0 Å². The monoisotopic (exact) mass is 430 g/mol. The van der Waals surface area contributed by atoms with E-state index in [2.05, 4.69) is 36.4 Å². The highest BCUT2D eigenvalue weighted by atomic mass is 32.2. The summed E-state index contributed by atoms with van der Waals surface area (Å²) in [6.45, 7) is 1.93. The fourth-order valence-corrected chi connectivity index (χ4v) is 4.68. The number of fused-ring (bicyclic) bond motifs is 1. The summed E-state index contributed by atoms with van der Waals surface area (Å²) in [5.41, 5.74) is 5.08. The first-order valence-electron chi connectivity index (χ1n) is 10.2. The molecule has 0 aromatic heterocycles. The van der Waals surface area contributed by atoms with Gasteiger partial charge in [0, 0.05) is 10.6 Å². The normalized spacial score (nSPS) is 11.0. The van der Waals surface area contributed by atoms with Gasteiger partial charge in [-0.05, 0) is 76.2 Å². The van der Waals surface area contributed by atoms with Crippen molar-refractivity contribution in [2.45, 2.75) is 30.4 Å². The summed E-state index contributed by atoms with van der Waals surface area (Å²) >= 11 is 1.79. The molecule has 0 spiro atoms. The van der Waals surface area contributed by atoms with Crippen molar-refractivity contribution in [1.82, 2.24) is 0 Å². The van der Waals surface area contributed by atoms with Crippen molar-refractivity contribution in [3.63, 3.8) is 0 Å². The summed E-state index contributed by atoms with van der Waals surface area (Å²) in [6, 6.07) is 25.3. The molecule has 1 N–H and O–H groups in total. The van der Waals surface area contributed by atoms with Crippen molar-refractivity contribution in [2.24, 2.45) is 0 Å². The number of halogens is 1. The average Bonchev–Trinajstić information content (AvgIpc) is 2.77. The molecule has 0 bridgehead atoms. The standard InChI is InChI=1S/C27H23FO2S/c1-18-22(15-27(29)30)14-21-9-10-23(28)16-26(21)25(18)13-19-7-11-24(12-8-19)31-17-20-5-3-2-4-6-20/h2-12,14,16H,13,15,17H2,1H3,(H,29,30). The SMILES string of the molecule is Cc1c(CC(=O)O)cc2ccc(F)cc2c1Cc1ccc(SCc2ccccc2)cc1. The number of hydrogen-bond donors (Lipinski definition) is 1. The van der Waals surface area contributed by atoms with E-state index in [0.29, 0.717) is 6.42 Å². The maximum atomic E-state index is 14.0. The average molecular weight is 431 g/mol. The number of rotatable bonds is 7. The topological polar surface area (TPSA) is 37.3 Å². The van der Waals surface area contributed by atoms with Gasteiger partial charge in [0.1, 0.15) is 5.82 Å². The smallest absolute Gasteiger partial charge is 0.307 e. The molecule has 4 aromatic rings. The Kier molecular flexibility index (Phi) is 6.38. The fourth-order valence-electron chi connectivity index (χ4n) is 3.83. The van der Waals surface area contributed by atoms with Crippen LogP contribution in [0.2, 0.25) is 0 Å². The fraction of sp³-hybridized carbons (Fsp3) is 0.148. The van der Waals surface area contributed by atoms with Crippen LogP contribution in [0.3, 0.4) is 0 Å². The molecule has 4 heteroatoms. The maximum absolute atomic E-state index is 14.0. The lowest BCUT2D eigenvalue weighted by atomic mass is 9.90. The van der Waals surface area contributed by atoms with E-state index < -0.39 is 5.97 Å². The van der Waals surface area contributed by atoms with E-state index in [1.165, 1.54) is 16.5 Å². The highest BCUT2D eigenvalue weighted by molar-refractivity contribution is 7.98. The molecule has 0 atom stereocenters. The van der Waals surface area contributed by atoms with E-state index in [1.807, 2.05) is 31.2 Å². The highest BCUT2D eigenvalue weighted by Crippen LogP contribution is 2.30. The van der Waals surface area contributed by atoms with Gasteiger partial charge in [0.15, 0.2) is 0 Å². The lowest BCUT2D eigenvalue weighted by Crippen LogP contribution is -2.05. The largest absolute Gasteiger partial charge is 0.481 e. The molecule has 0 saturated heterocycles. The maximum Gasteiger partial charge on any atom is 0.307 e. The molecule has 2 nitrogen and oxygen atoms in total. The number of benzene rings is 4. The molecule has 0 fully saturated rings. The Morgan fingerprint density at radius 1 is 0.935 bits per heavy atom. The Bertz CT molecular complexity index is 1220. The van der Waals surface area contributed by atoms with Crippen LogP contribution >= 0.6 is 11.8 Å². The molecule has 0 amide bonds. The Hall–Kier alpha value is -3.11. The molecular formula is C27H23FO2S. The number of carboxylic acids is 1. The van der Waals surface area contributed by atoms with Crippen molar-refractivity contribution in [2.75, 3.05) is 0 Å². The van der Waals surface area contributed by atoms with E-state index in [4.69, 9.17) is 0 Å². The Morgan fingerprint density at radius 2 is 1.68 bits per heavy atom. The number of carbonyl (C=O) groups is 1. The van der Waals surface area contributed by atoms with Crippen LogP contribution in [0.1, 0.15) is 27.8 Å². The molecule has 0 saturated carbocycles. The van der Waals surface area contributed by atoms with Crippen LogP contribution in [0, 0.1) is 12.7 Å². The zero-order valence-corrected chi connectivity index (χ0v) is 18.1. The van der Waals surface area contributed by atoms with Crippen LogP contribution in [-0.4, -0.2) is 11.1 Å². The zero-order valence-electron chi connectivity index (χ0n) is 17.3. The molecule has 0 aliphatic carbocycles. The molecule has 0 heterocycles. The second-order valence-electron chi connectivity index (χ2n) is 7.67. The van der Waals surface area contributed by atoms with Crippen LogP contribution in [0.25, 0.3) is 10.8 Å². The molecule has 0 aliphatic rings. The summed E-state index contributed by atoms with van der Waals surface area (Å²) in [5.74, 6) is -0.234. The third kappa shape index (κ3) is 5.15. The van der Waals surface area contributed by atoms with Crippen molar-refractivity contribution in [1.29, 1.82) is 0 Å². The predicted molar refractivity (Wildman–Crippen MR) is 125 cm³/mol. The third-order valence-corrected chi connectivity index (χ3v) is 6.58. The molecule has 156 valence electrons. The van der Waals surface area contributed by atoms with Gasteiger partial charge in [-0.25, -0.2) is 4.39 Å². The molecular weight excluding hydrogens is 407 g/mol. The second kappa shape index (κ2) is 9.36. The quantitative estimate of drug-likeness (QED) is 0.328. The Balaban J connectivity index is 1.60. The van der Waals surface area contributed by atoms with Gasteiger partial charge >= 0.3 is 5.97 Å². The predicted octanol–water partition coefficient (Wildman–Crippen LogP) is 6.80. The zero-order chi connectivity index (χ0) is 21.8. The molecule has 31 heavy (non-hydrogen) atoms. The van der Waals surface area contributed by atoms with Gasteiger partial charge in [0.25, 0.3) is 0 Å².